The third kappa shape index (κ3) is 5.97. The van der Waals surface area contributed by atoms with Crippen molar-refractivity contribution < 1.29 is 9.59 Å². The second-order valence-electron chi connectivity index (χ2n) is 7.50. The van der Waals surface area contributed by atoms with E-state index in [1.807, 2.05) is 48.3 Å². The van der Waals surface area contributed by atoms with Crippen LogP contribution >= 0.6 is 12.4 Å². The van der Waals surface area contributed by atoms with Crippen molar-refractivity contribution in [1.82, 2.24) is 4.90 Å². The lowest BCUT2D eigenvalue weighted by atomic mass is 9.94. The zero-order valence-electron chi connectivity index (χ0n) is 16.9. The Morgan fingerprint density at radius 1 is 1.03 bits per heavy atom. The number of benzene rings is 2. The van der Waals surface area contributed by atoms with Gasteiger partial charge < -0.3 is 16.0 Å². The fourth-order valence-electron chi connectivity index (χ4n) is 3.83. The molecule has 1 aliphatic carbocycles. The Balaban J connectivity index is 0.00000300. The van der Waals surface area contributed by atoms with Crippen LogP contribution in [0.25, 0.3) is 0 Å². The van der Waals surface area contributed by atoms with Crippen LogP contribution in [0, 0.1) is 0 Å². The molecule has 1 fully saturated rings. The van der Waals surface area contributed by atoms with Crippen LogP contribution in [-0.2, 0) is 11.2 Å². The largest absolute Gasteiger partial charge is 0.399 e. The summed E-state index contributed by atoms with van der Waals surface area (Å²) in [6.07, 6.45) is 6.57. The highest BCUT2D eigenvalue weighted by Gasteiger charge is 2.24. The van der Waals surface area contributed by atoms with E-state index in [0.717, 1.165) is 18.4 Å². The first-order valence-electron chi connectivity index (χ1n) is 10.1. The van der Waals surface area contributed by atoms with E-state index in [1.165, 1.54) is 19.3 Å². The van der Waals surface area contributed by atoms with Crippen molar-refractivity contribution in [3.63, 3.8) is 0 Å². The maximum Gasteiger partial charge on any atom is 0.255 e. The van der Waals surface area contributed by atoms with E-state index in [1.54, 1.807) is 12.1 Å². The molecule has 0 unspecified atom stereocenters. The lowest BCUT2D eigenvalue weighted by molar-refractivity contribution is -0.116. The van der Waals surface area contributed by atoms with Crippen LogP contribution in [-0.4, -0.2) is 29.8 Å². The predicted octanol–water partition coefficient (Wildman–Crippen LogP) is 4.67. The second-order valence-corrected chi connectivity index (χ2v) is 7.50. The number of rotatable bonds is 6. The molecule has 0 bridgehead atoms. The fourth-order valence-corrected chi connectivity index (χ4v) is 3.83. The van der Waals surface area contributed by atoms with Crippen LogP contribution in [0.4, 0.5) is 11.4 Å². The monoisotopic (exact) mass is 415 g/mol. The number of nitrogens with zero attached hydrogens (tertiary/aromatic N) is 1. The molecule has 0 spiro atoms. The van der Waals surface area contributed by atoms with Gasteiger partial charge in [0.05, 0.1) is 11.3 Å². The minimum atomic E-state index is -0.121. The average molecular weight is 416 g/mol. The Hall–Kier alpha value is -2.53. The molecule has 2 amide bonds. The fraction of sp³-hybridized carbons (Fsp3) is 0.391. The highest BCUT2D eigenvalue weighted by atomic mass is 35.5. The van der Waals surface area contributed by atoms with Crippen molar-refractivity contribution in [1.29, 1.82) is 0 Å². The molecule has 1 saturated carbocycles. The van der Waals surface area contributed by atoms with Gasteiger partial charge in [0.15, 0.2) is 0 Å². The SMILES string of the molecule is CN(C(=O)c1ccccc1NC(=O)CCc1ccccc1N)C1CCCCC1.Cl. The normalized spacial score (nSPS) is 14.0. The van der Waals surface area contributed by atoms with Gasteiger partial charge in [-0.1, -0.05) is 49.6 Å². The minimum absolute atomic E-state index is 0. The molecule has 3 N–H and O–H groups in total. The number of halogens is 1. The first kappa shape index (κ1) is 22.8. The molecule has 0 aliphatic heterocycles. The van der Waals surface area contributed by atoms with Crippen LogP contribution in [0.15, 0.2) is 48.5 Å². The number of hydrogen-bond acceptors (Lipinski definition) is 3. The van der Waals surface area contributed by atoms with E-state index in [2.05, 4.69) is 5.32 Å². The Morgan fingerprint density at radius 2 is 1.69 bits per heavy atom. The topological polar surface area (TPSA) is 75.4 Å². The Labute approximate surface area is 179 Å². The van der Waals surface area contributed by atoms with Gasteiger partial charge in [-0.15, -0.1) is 12.4 Å². The molecule has 0 saturated heterocycles. The molecule has 3 rings (SSSR count). The molecule has 2 aromatic carbocycles. The van der Waals surface area contributed by atoms with Crippen molar-refractivity contribution in [3.8, 4) is 0 Å². The van der Waals surface area contributed by atoms with Gasteiger partial charge in [0.2, 0.25) is 5.91 Å². The second kappa shape index (κ2) is 10.9. The maximum absolute atomic E-state index is 13.0. The smallest absolute Gasteiger partial charge is 0.255 e. The summed E-state index contributed by atoms with van der Waals surface area (Å²) < 4.78 is 0. The summed E-state index contributed by atoms with van der Waals surface area (Å²) >= 11 is 0. The van der Waals surface area contributed by atoms with Gasteiger partial charge in [-0.25, -0.2) is 0 Å². The molecule has 29 heavy (non-hydrogen) atoms. The first-order chi connectivity index (χ1) is 13.6. The van der Waals surface area contributed by atoms with Crippen molar-refractivity contribution >= 4 is 35.6 Å². The van der Waals surface area contributed by atoms with Gasteiger partial charge in [0.1, 0.15) is 0 Å². The first-order valence-corrected chi connectivity index (χ1v) is 10.1. The minimum Gasteiger partial charge on any atom is -0.399 e. The number of carbonyl (C=O) groups excluding carboxylic acids is 2. The van der Waals surface area contributed by atoms with Gasteiger partial charge in [0.25, 0.3) is 5.91 Å². The molecule has 1 aliphatic rings. The highest BCUT2D eigenvalue weighted by molar-refractivity contribution is 6.03. The van der Waals surface area contributed by atoms with E-state index in [-0.39, 0.29) is 30.3 Å². The van der Waals surface area contributed by atoms with Crippen LogP contribution in [0.1, 0.15) is 54.4 Å². The van der Waals surface area contributed by atoms with Crippen molar-refractivity contribution in [2.24, 2.45) is 0 Å². The summed E-state index contributed by atoms with van der Waals surface area (Å²) in [5.41, 5.74) is 8.71. The number of nitrogen functional groups attached to an aromatic ring is 1. The number of aryl methyl sites for hydroxylation is 1. The third-order valence-corrected chi connectivity index (χ3v) is 5.55. The lowest BCUT2D eigenvalue weighted by Gasteiger charge is -2.31. The molecule has 0 atom stereocenters. The standard InChI is InChI=1S/C23H29N3O2.ClH/c1-26(18-10-3-2-4-11-18)23(28)19-12-6-8-14-21(19)25-22(27)16-15-17-9-5-7-13-20(17)24;/h5-9,12-14,18H,2-4,10-11,15-16,24H2,1H3,(H,25,27);1H. The number of anilines is 2. The zero-order chi connectivity index (χ0) is 19.9. The zero-order valence-corrected chi connectivity index (χ0v) is 17.7. The van der Waals surface area contributed by atoms with Crippen molar-refractivity contribution in [2.45, 2.75) is 51.0 Å². The van der Waals surface area contributed by atoms with Crippen LogP contribution in [0.2, 0.25) is 0 Å². The summed E-state index contributed by atoms with van der Waals surface area (Å²) in [4.78, 5) is 27.3. The van der Waals surface area contributed by atoms with Crippen molar-refractivity contribution in [2.75, 3.05) is 18.1 Å². The summed E-state index contributed by atoms with van der Waals surface area (Å²) in [5.74, 6) is -0.154. The van der Waals surface area contributed by atoms with Gasteiger partial charge in [-0.2, -0.15) is 0 Å². The number of amides is 2. The van der Waals surface area contributed by atoms with Crippen LogP contribution < -0.4 is 11.1 Å². The summed E-state index contributed by atoms with van der Waals surface area (Å²) in [6.45, 7) is 0. The van der Waals surface area contributed by atoms with Gasteiger partial charge in [0, 0.05) is 25.2 Å². The summed E-state index contributed by atoms with van der Waals surface area (Å²) in [6, 6.07) is 15.1. The molecule has 0 aromatic heterocycles. The number of hydrogen-bond donors (Lipinski definition) is 2. The van der Waals surface area contributed by atoms with Crippen LogP contribution in [0.5, 0.6) is 0 Å². The van der Waals surface area contributed by atoms with Gasteiger partial charge in [-0.05, 0) is 43.0 Å². The Kier molecular flexibility index (Phi) is 8.52. The molecule has 2 aromatic rings. The molecule has 6 heteroatoms. The lowest BCUT2D eigenvalue weighted by Crippen LogP contribution is -2.38. The Bertz CT molecular complexity index is 834. The molecule has 156 valence electrons. The molecular weight excluding hydrogens is 386 g/mol. The van der Waals surface area contributed by atoms with E-state index in [0.29, 0.717) is 29.8 Å². The number of para-hydroxylation sites is 2. The molecule has 0 radical (unpaired) electrons. The van der Waals surface area contributed by atoms with Gasteiger partial charge >= 0.3 is 0 Å². The van der Waals surface area contributed by atoms with E-state index in [9.17, 15) is 9.59 Å². The predicted molar refractivity (Wildman–Crippen MR) is 120 cm³/mol. The number of nitrogens with two attached hydrogens (primary N) is 1. The summed E-state index contributed by atoms with van der Waals surface area (Å²) in [7, 11) is 1.87. The van der Waals surface area contributed by atoms with E-state index < -0.39 is 0 Å². The Morgan fingerprint density at radius 3 is 2.41 bits per heavy atom. The quantitative estimate of drug-likeness (QED) is 0.673. The number of carbonyl (C=O) groups is 2. The van der Waals surface area contributed by atoms with E-state index in [4.69, 9.17) is 5.73 Å². The molecule has 0 heterocycles. The van der Waals surface area contributed by atoms with Gasteiger partial charge in [-0.3, -0.25) is 9.59 Å². The summed E-state index contributed by atoms with van der Waals surface area (Å²) in [5, 5.41) is 2.91. The van der Waals surface area contributed by atoms with Crippen LogP contribution in [0.3, 0.4) is 0 Å². The average Bonchev–Trinajstić information content (AvgIpc) is 2.73. The highest BCUT2D eigenvalue weighted by Crippen LogP contribution is 2.25. The molecular formula is C23H30ClN3O2. The van der Waals surface area contributed by atoms with E-state index >= 15 is 0 Å². The van der Waals surface area contributed by atoms with Crippen molar-refractivity contribution in [3.05, 3.63) is 59.7 Å². The maximum atomic E-state index is 13.0. The number of nitrogens with one attached hydrogen (secondary N) is 1. The molecule has 5 nitrogen and oxygen atoms in total. The third-order valence-electron chi connectivity index (χ3n) is 5.55.